The minimum atomic E-state index is -0.551. The molecule has 192 valence electrons. The third-order valence-corrected chi connectivity index (χ3v) is 6.30. The van der Waals surface area contributed by atoms with Crippen molar-refractivity contribution < 1.29 is 13.5 Å². The van der Waals surface area contributed by atoms with Gasteiger partial charge in [-0.05, 0) is 43.9 Å². The first kappa shape index (κ1) is 24.6. The first-order chi connectivity index (χ1) is 17.8. The van der Waals surface area contributed by atoms with Gasteiger partial charge in [-0.2, -0.15) is 4.98 Å². The van der Waals surface area contributed by atoms with E-state index >= 15 is 0 Å². The molecule has 0 aliphatic carbocycles. The Hall–Kier alpha value is -4.08. The number of fused-ring (bicyclic) bond motifs is 2. The lowest BCUT2D eigenvalue weighted by Crippen LogP contribution is -2.24. The summed E-state index contributed by atoms with van der Waals surface area (Å²) in [5.41, 5.74) is 2.82. The molecule has 3 heterocycles. The van der Waals surface area contributed by atoms with Gasteiger partial charge < -0.3 is 9.72 Å². The number of aromatic nitrogens is 6. The number of ether oxygens (including phenoxy) is 1. The number of imidazole rings is 2. The number of para-hydroxylation sites is 1. The van der Waals surface area contributed by atoms with E-state index in [9.17, 15) is 13.6 Å². The van der Waals surface area contributed by atoms with E-state index in [-0.39, 0.29) is 29.9 Å². The van der Waals surface area contributed by atoms with Crippen LogP contribution in [0.5, 0.6) is 5.75 Å². The standard InChI is InChI=1S/C27H28F2N6O2/c1-5-21(17-8-7-9-18(29)24(17)37-6-2)35-25-23(32-27(35)36)20(12-15(3)4)31-26(33-25)34-14-30-19-11-10-16(28)13-22(19)34/h7-11,13-15,21H,5-6,12H2,1-4H3,(H,32,36). The third kappa shape index (κ3) is 4.36. The fourth-order valence-corrected chi connectivity index (χ4v) is 4.74. The molecule has 0 fully saturated rings. The van der Waals surface area contributed by atoms with Gasteiger partial charge in [0.2, 0.25) is 5.95 Å². The largest absolute Gasteiger partial charge is 0.490 e. The van der Waals surface area contributed by atoms with Crippen LogP contribution in [-0.4, -0.2) is 35.7 Å². The summed E-state index contributed by atoms with van der Waals surface area (Å²) in [6, 6.07) is 8.46. The second-order valence-corrected chi connectivity index (χ2v) is 9.33. The Morgan fingerprint density at radius 3 is 2.65 bits per heavy atom. The van der Waals surface area contributed by atoms with E-state index in [2.05, 4.69) is 23.8 Å². The van der Waals surface area contributed by atoms with Crippen molar-refractivity contribution >= 4 is 22.2 Å². The van der Waals surface area contributed by atoms with Crippen LogP contribution < -0.4 is 10.4 Å². The van der Waals surface area contributed by atoms with E-state index in [0.29, 0.717) is 46.3 Å². The van der Waals surface area contributed by atoms with Crippen molar-refractivity contribution in [3.05, 3.63) is 76.1 Å². The van der Waals surface area contributed by atoms with Crippen LogP contribution in [0.2, 0.25) is 0 Å². The van der Waals surface area contributed by atoms with Crippen molar-refractivity contribution in [3.8, 4) is 11.7 Å². The lowest BCUT2D eigenvalue weighted by molar-refractivity contribution is 0.313. The molecule has 5 rings (SSSR count). The average molecular weight is 507 g/mol. The topological polar surface area (TPSA) is 90.6 Å². The van der Waals surface area contributed by atoms with Gasteiger partial charge in [-0.25, -0.2) is 23.5 Å². The molecular weight excluding hydrogens is 478 g/mol. The zero-order chi connectivity index (χ0) is 26.3. The monoisotopic (exact) mass is 506 g/mol. The molecule has 5 aromatic rings. The summed E-state index contributed by atoms with van der Waals surface area (Å²) < 4.78 is 37.6. The molecule has 1 atom stereocenters. The molecule has 0 amide bonds. The number of benzene rings is 2. The van der Waals surface area contributed by atoms with Crippen molar-refractivity contribution in [2.75, 3.05) is 6.61 Å². The summed E-state index contributed by atoms with van der Waals surface area (Å²) in [6.07, 6.45) is 2.60. The summed E-state index contributed by atoms with van der Waals surface area (Å²) in [4.78, 5) is 30.2. The summed E-state index contributed by atoms with van der Waals surface area (Å²) in [5, 5.41) is 0. The minimum absolute atomic E-state index is 0.117. The van der Waals surface area contributed by atoms with Gasteiger partial charge in [-0.3, -0.25) is 9.13 Å². The van der Waals surface area contributed by atoms with E-state index in [1.54, 1.807) is 29.7 Å². The molecule has 0 bridgehead atoms. The highest BCUT2D eigenvalue weighted by Gasteiger charge is 2.26. The van der Waals surface area contributed by atoms with E-state index in [1.807, 2.05) is 6.92 Å². The van der Waals surface area contributed by atoms with Gasteiger partial charge in [0.25, 0.3) is 0 Å². The SMILES string of the molecule is CCOc1c(F)cccc1C(CC)n1c(=O)[nH]c2c(CC(C)C)nc(-n3cnc4ccc(F)cc43)nc21. The van der Waals surface area contributed by atoms with Crippen molar-refractivity contribution in [3.63, 3.8) is 0 Å². The van der Waals surface area contributed by atoms with Crippen LogP contribution in [0.15, 0.2) is 47.5 Å². The van der Waals surface area contributed by atoms with Crippen LogP contribution in [0.3, 0.4) is 0 Å². The highest BCUT2D eigenvalue weighted by molar-refractivity contribution is 5.78. The Labute approximate surface area is 212 Å². The average Bonchev–Trinajstić information content (AvgIpc) is 3.42. The summed E-state index contributed by atoms with van der Waals surface area (Å²) in [5.74, 6) is -0.274. The smallest absolute Gasteiger partial charge is 0.328 e. The van der Waals surface area contributed by atoms with Crippen molar-refractivity contribution in [1.29, 1.82) is 0 Å². The number of rotatable bonds is 8. The number of halogens is 2. The number of nitrogens with one attached hydrogen (secondary N) is 1. The van der Waals surface area contributed by atoms with Gasteiger partial charge in [0.1, 0.15) is 17.7 Å². The zero-order valence-electron chi connectivity index (χ0n) is 21.1. The molecule has 0 saturated heterocycles. The quantitative estimate of drug-likeness (QED) is 0.307. The molecule has 0 aliphatic heterocycles. The second kappa shape index (κ2) is 9.76. The minimum Gasteiger partial charge on any atom is -0.490 e. The van der Waals surface area contributed by atoms with Crippen LogP contribution in [0, 0.1) is 17.6 Å². The van der Waals surface area contributed by atoms with Gasteiger partial charge in [-0.1, -0.05) is 32.9 Å². The van der Waals surface area contributed by atoms with E-state index in [4.69, 9.17) is 14.7 Å². The van der Waals surface area contributed by atoms with Gasteiger partial charge in [0.15, 0.2) is 17.2 Å². The zero-order valence-corrected chi connectivity index (χ0v) is 21.1. The van der Waals surface area contributed by atoms with Gasteiger partial charge in [-0.15, -0.1) is 0 Å². The van der Waals surface area contributed by atoms with Crippen LogP contribution in [0.1, 0.15) is 51.4 Å². The summed E-state index contributed by atoms with van der Waals surface area (Å²) in [7, 11) is 0. The fourth-order valence-electron chi connectivity index (χ4n) is 4.74. The molecule has 0 saturated carbocycles. The highest BCUT2D eigenvalue weighted by atomic mass is 19.1. The maximum atomic E-state index is 14.7. The number of hydrogen-bond donors (Lipinski definition) is 1. The molecule has 10 heteroatoms. The van der Waals surface area contributed by atoms with Crippen LogP contribution in [0.4, 0.5) is 8.78 Å². The Morgan fingerprint density at radius 2 is 1.92 bits per heavy atom. The third-order valence-electron chi connectivity index (χ3n) is 6.30. The Balaban J connectivity index is 1.79. The molecule has 8 nitrogen and oxygen atoms in total. The van der Waals surface area contributed by atoms with Crippen molar-refractivity contribution in [2.24, 2.45) is 5.92 Å². The molecule has 0 radical (unpaired) electrons. The van der Waals surface area contributed by atoms with E-state index in [0.717, 1.165) is 0 Å². The van der Waals surface area contributed by atoms with Gasteiger partial charge >= 0.3 is 5.69 Å². The Kier molecular flexibility index (Phi) is 6.49. The van der Waals surface area contributed by atoms with Crippen molar-refractivity contribution in [2.45, 2.75) is 46.6 Å². The lowest BCUT2D eigenvalue weighted by Gasteiger charge is -2.21. The lowest BCUT2D eigenvalue weighted by atomic mass is 10.0. The molecule has 0 aliphatic rings. The predicted molar refractivity (Wildman–Crippen MR) is 137 cm³/mol. The summed E-state index contributed by atoms with van der Waals surface area (Å²) >= 11 is 0. The van der Waals surface area contributed by atoms with Gasteiger partial charge in [0.05, 0.1) is 29.4 Å². The maximum absolute atomic E-state index is 14.7. The first-order valence-corrected chi connectivity index (χ1v) is 12.4. The van der Waals surface area contributed by atoms with E-state index in [1.165, 1.54) is 29.1 Å². The normalized spacial score (nSPS) is 12.6. The van der Waals surface area contributed by atoms with Crippen LogP contribution in [-0.2, 0) is 6.42 Å². The summed E-state index contributed by atoms with van der Waals surface area (Å²) in [6.45, 7) is 8.09. The molecular formula is C27H28F2N6O2. The Morgan fingerprint density at radius 1 is 1.11 bits per heavy atom. The predicted octanol–water partition coefficient (Wildman–Crippen LogP) is 5.33. The second-order valence-electron chi connectivity index (χ2n) is 9.33. The number of hydrogen-bond acceptors (Lipinski definition) is 5. The molecule has 3 aromatic heterocycles. The van der Waals surface area contributed by atoms with E-state index < -0.39 is 17.7 Å². The molecule has 37 heavy (non-hydrogen) atoms. The molecule has 2 aromatic carbocycles. The number of nitrogens with zero attached hydrogens (tertiary/aromatic N) is 5. The number of H-pyrrole nitrogens is 1. The number of aromatic amines is 1. The molecule has 1 unspecified atom stereocenters. The van der Waals surface area contributed by atoms with Gasteiger partial charge in [0, 0.05) is 11.6 Å². The first-order valence-electron chi connectivity index (χ1n) is 12.4. The molecule has 0 spiro atoms. The van der Waals surface area contributed by atoms with Crippen LogP contribution >= 0.6 is 0 Å². The fraction of sp³-hybridized carbons (Fsp3) is 0.333. The highest BCUT2D eigenvalue weighted by Crippen LogP contribution is 2.34. The molecule has 1 N–H and O–H groups in total. The van der Waals surface area contributed by atoms with Crippen molar-refractivity contribution in [1.82, 2.24) is 29.1 Å². The maximum Gasteiger partial charge on any atom is 0.328 e. The Bertz CT molecular complexity index is 1650. The van der Waals surface area contributed by atoms with Crippen LogP contribution in [0.25, 0.3) is 28.1 Å².